The molecule has 2 fully saturated rings. The first-order valence-corrected chi connectivity index (χ1v) is 10.6. The summed E-state index contributed by atoms with van der Waals surface area (Å²) in [6, 6.07) is 13.7. The van der Waals surface area contributed by atoms with Gasteiger partial charge < -0.3 is 15.0 Å². The number of hydrogen-bond donors (Lipinski definition) is 1. The molecule has 30 heavy (non-hydrogen) atoms. The molecule has 158 valence electrons. The van der Waals surface area contributed by atoms with Gasteiger partial charge in [0.2, 0.25) is 5.91 Å². The standard InChI is InChI=1S/C24H27FN2O3/c25-20-5-1-3-17(13-20)14-23(28)27-12-2-4-18(15-27)16-30-22-10-6-19(7-11-22)24(29)26-21-8-9-21/h1,3,5-7,10-11,13,18,21H,2,4,8-9,12,14-16H2,(H,26,29). The molecule has 1 heterocycles. The van der Waals surface area contributed by atoms with E-state index in [-0.39, 0.29) is 30.0 Å². The molecule has 2 amide bonds. The maximum absolute atomic E-state index is 13.3. The monoisotopic (exact) mass is 410 g/mol. The van der Waals surface area contributed by atoms with E-state index in [0.717, 1.165) is 38.0 Å². The molecule has 5 nitrogen and oxygen atoms in total. The molecule has 1 atom stereocenters. The topological polar surface area (TPSA) is 58.6 Å². The first-order valence-electron chi connectivity index (χ1n) is 10.6. The number of hydrogen-bond acceptors (Lipinski definition) is 3. The largest absolute Gasteiger partial charge is 0.493 e. The van der Waals surface area contributed by atoms with Crippen molar-refractivity contribution < 1.29 is 18.7 Å². The Kier molecular flexibility index (Phi) is 6.31. The van der Waals surface area contributed by atoms with Crippen molar-refractivity contribution in [2.24, 2.45) is 5.92 Å². The summed E-state index contributed by atoms with van der Waals surface area (Å²) in [5.41, 5.74) is 1.34. The zero-order valence-electron chi connectivity index (χ0n) is 17.0. The molecule has 1 N–H and O–H groups in total. The number of rotatable bonds is 7. The summed E-state index contributed by atoms with van der Waals surface area (Å²) in [7, 11) is 0. The number of carbonyl (C=O) groups is 2. The summed E-state index contributed by atoms with van der Waals surface area (Å²) < 4.78 is 19.3. The van der Waals surface area contributed by atoms with Crippen LogP contribution in [0.5, 0.6) is 5.75 Å². The number of halogens is 1. The van der Waals surface area contributed by atoms with E-state index in [1.165, 1.54) is 12.1 Å². The van der Waals surface area contributed by atoms with Crippen LogP contribution in [0.4, 0.5) is 4.39 Å². The van der Waals surface area contributed by atoms with Crippen LogP contribution in [0.25, 0.3) is 0 Å². The van der Waals surface area contributed by atoms with E-state index in [1.807, 2.05) is 17.0 Å². The van der Waals surface area contributed by atoms with E-state index >= 15 is 0 Å². The van der Waals surface area contributed by atoms with Gasteiger partial charge in [-0.1, -0.05) is 12.1 Å². The summed E-state index contributed by atoms with van der Waals surface area (Å²) in [5, 5.41) is 2.97. The Morgan fingerprint density at radius 2 is 1.90 bits per heavy atom. The lowest BCUT2D eigenvalue weighted by Gasteiger charge is -2.32. The van der Waals surface area contributed by atoms with Gasteiger partial charge in [-0.3, -0.25) is 9.59 Å². The van der Waals surface area contributed by atoms with Crippen molar-refractivity contribution >= 4 is 11.8 Å². The third-order valence-electron chi connectivity index (χ3n) is 5.63. The molecule has 1 aliphatic heterocycles. The van der Waals surface area contributed by atoms with Gasteiger partial charge in [0.1, 0.15) is 11.6 Å². The smallest absolute Gasteiger partial charge is 0.251 e. The Bertz CT molecular complexity index is 896. The zero-order chi connectivity index (χ0) is 20.9. The van der Waals surface area contributed by atoms with Crippen LogP contribution < -0.4 is 10.1 Å². The summed E-state index contributed by atoms with van der Waals surface area (Å²) in [6.07, 6.45) is 4.29. The van der Waals surface area contributed by atoms with Gasteiger partial charge in [-0.05, 0) is 67.6 Å². The number of nitrogens with zero attached hydrogens (tertiary/aromatic N) is 1. The lowest BCUT2D eigenvalue weighted by Crippen LogP contribution is -2.42. The third-order valence-corrected chi connectivity index (χ3v) is 5.63. The minimum Gasteiger partial charge on any atom is -0.493 e. The van der Waals surface area contributed by atoms with Gasteiger partial charge >= 0.3 is 0 Å². The van der Waals surface area contributed by atoms with Gasteiger partial charge in [0.25, 0.3) is 5.91 Å². The fourth-order valence-corrected chi connectivity index (χ4v) is 3.77. The summed E-state index contributed by atoms with van der Waals surface area (Å²) >= 11 is 0. The van der Waals surface area contributed by atoms with E-state index in [9.17, 15) is 14.0 Å². The van der Waals surface area contributed by atoms with Crippen LogP contribution in [0.15, 0.2) is 48.5 Å². The molecule has 0 bridgehead atoms. The van der Waals surface area contributed by atoms with Crippen LogP contribution in [0, 0.1) is 11.7 Å². The van der Waals surface area contributed by atoms with Crippen LogP contribution in [0.2, 0.25) is 0 Å². The maximum atomic E-state index is 13.3. The molecular formula is C24H27FN2O3. The van der Waals surface area contributed by atoms with E-state index < -0.39 is 0 Å². The number of likely N-dealkylation sites (tertiary alicyclic amines) is 1. The predicted molar refractivity (Wildman–Crippen MR) is 112 cm³/mol. The van der Waals surface area contributed by atoms with Crippen molar-refractivity contribution in [3.8, 4) is 5.75 Å². The zero-order valence-corrected chi connectivity index (χ0v) is 17.0. The molecule has 0 aromatic heterocycles. The molecule has 1 unspecified atom stereocenters. The van der Waals surface area contributed by atoms with Crippen LogP contribution in [-0.2, 0) is 11.2 Å². The first-order chi connectivity index (χ1) is 14.6. The second kappa shape index (κ2) is 9.28. The molecular weight excluding hydrogens is 383 g/mol. The highest BCUT2D eigenvalue weighted by atomic mass is 19.1. The first kappa shape index (κ1) is 20.4. The Labute approximate surface area is 176 Å². The number of amides is 2. The normalized spacial score (nSPS) is 18.7. The van der Waals surface area contributed by atoms with Crippen molar-refractivity contribution in [2.45, 2.75) is 38.1 Å². The average Bonchev–Trinajstić information content (AvgIpc) is 3.57. The lowest BCUT2D eigenvalue weighted by molar-refractivity contribution is -0.132. The molecule has 0 spiro atoms. The Morgan fingerprint density at radius 3 is 2.63 bits per heavy atom. The predicted octanol–water partition coefficient (Wildman–Crippen LogP) is 3.58. The lowest BCUT2D eigenvalue weighted by atomic mass is 9.98. The molecule has 6 heteroatoms. The fourth-order valence-electron chi connectivity index (χ4n) is 3.77. The number of carbonyl (C=O) groups excluding carboxylic acids is 2. The van der Waals surface area contributed by atoms with Crippen LogP contribution in [0.3, 0.4) is 0 Å². The fraction of sp³-hybridized carbons (Fsp3) is 0.417. The minimum atomic E-state index is -0.318. The van der Waals surface area contributed by atoms with Crippen molar-refractivity contribution in [3.05, 3.63) is 65.5 Å². The highest BCUT2D eigenvalue weighted by Gasteiger charge is 2.25. The van der Waals surface area contributed by atoms with E-state index in [4.69, 9.17) is 4.74 Å². The molecule has 2 aromatic carbocycles. The molecule has 4 rings (SSSR count). The molecule has 1 saturated carbocycles. The SMILES string of the molecule is O=C(NC1CC1)c1ccc(OCC2CCCN(C(=O)Cc3cccc(F)c3)C2)cc1. The van der Waals surface area contributed by atoms with Gasteiger partial charge in [0.05, 0.1) is 13.0 Å². The van der Waals surface area contributed by atoms with E-state index in [1.54, 1.807) is 24.3 Å². The second-order valence-electron chi connectivity index (χ2n) is 8.24. The Hall–Kier alpha value is -2.89. The molecule has 2 aliphatic rings. The Balaban J connectivity index is 1.25. The third kappa shape index (κ3) is 5.59. The number of ether oxygens (including phenoxy) is 1. The molecule has 1 aliphatic carbocycles. The second-order valence-corrected chi connectivity index (χ2v) is 8.24. The van der Waals surface area contributed by atoms with Crippen molar-refractivity contribution in [1.82, 2.24) is 10.2 Å². The average molecular weight is 410 g/mol. The highest BCUT2D eigenvalue weighted by molar-refractivity contribution is 5.94. The van der Waals surface area contributed by atoms with Crippen molar-refractivity contribution in [2.75, 3.05) is 19.7 Å². The van der Waals surface area contributed by atoms with Gasteiger partial charge in [-0.15, -0.1) is 0 Å². The van der Waals surface area contributed by atoms with E-state index in [2.05, 4.69) is 5.32 Å². The summed E-state index contributed by atoms with van der Waals surface area (Å²) in [4.78, 5) is 26.5. The quantitative estimate of drug-likeness (QED) is 0.759. The summed E-state index contributed by atoms with van der Waals surface area (Å²) in [6.45, 7) is 1.91. The maximum Gasteiger partial charge on any atom is 0.251 e. The van der Waals surface area contributed by atoms with Crippen LogP contribution in [-0.4, -0.2) is 42.5 Å². The van der Waals surface area contributed by atoms with Gasteiger partial charge in [0.15, 0.2) is 0 Å². The minimum absolute atomic E-state index is 0.0244. The molecule has 1 saturated heterocycles. The van der Waals surface area contributed by atoms with Crippen molar-refractivity contribution in [3.63, 3.8) is 0 Å². The number of nitrogens with one attached hydrogen (secondary N) is 1. The van der Waals surface area contributed by atoms with Crippen LogP contribution in [0.1, 0.15) is 41.6 Å². The van der Waals surface area contributed by atoms with Crippen molar-refractivity contribution in [1.29, 1.82) is 0 Å². The van der Waals surface area contributed by atoms with Gasteiger partial charge in [-0.25, -0.2) is 4.39 Å². The molecule has 0 radical (unpaired) electrons. The van der Waals surface area contributed by atoms with Crippen LogP contribution >= 0.6 is 0 Å². The van der Waals surface area contributed by atoms with E-state index in [0.29, 0.717) is 30.3 Å². The summed E-state index contributed by atoms with van der Waals surface area (Å²) in [5.74, 6) is 0.649. The highest BCUT2D eigenvalue weighted by Crippen LogP contribution is 2.22. The Morgan fingerprint density at radius 1 is 1.10 bits per heavy atom. The number of benzene rings is 2. The molecule has 2 aromatic rings. The van der Waals surface area contributed by atoms with Gasteiger partial charge in [-0.2, -0.15) is 0 Å². The van der Waals surface area contributed by atoms with Gasteiger partial charge in [0, 0.05) is 30.6 Å². The number of piperidine rings is 1.